The SMILES string of the molecule is O=S(=O)(O)C(CCN1c2ccccc2Oc2ccccc21)c1ncccc1Br. The average molecular weight is 461 g/mol. The molecular formula is C20H17BrN2O4S. The molecule has 0 amide bonds. The minimum absolute atomic E-state index is 0.150. The normalized spacial score (nSPS) is 14.0. The minimum atomic E-state index is -4.35. The molecule has 1 aliphatic rings. The largest absolute Gasteiger partial charge is 0.453 e. The highest BCUT2D eigenvalue weighted by molar-refractivity contribution is 9.10. The fourth-order valence-corrected chi connectivity index (χ4v) is 4.89. The lowest BCUT2D eigenvalue weighted by Gasteiger charge is -2.33. The second-order valence-corrected chi connectivity index (χ2v) is 8.81. The van der Waals surface area contributed by atoms with Gasteiger partial charge in [-0.3, -0.25) is 9.54 Å². The van der Waals surface area contributed by atoms with Crippen molar-refractivity contribution < 1.29 is 17.7 Å². The molecule has 2 heterocycles. The molecule has 8 heteroatoms. The molecule has 1 aliphatic heterocycles. The maximum atomic E-state index is 12.1. The van der Waals surface area contributed by atoms with E-state index in [4.69, 9.17) is 4.74 Å². The van der Waals surface area contributed by atoms with Crippen molar-refractivity contribution in [1.29, 1.82) is 0 Å². The lowest BCUT2D eigenvalue weighted by Crippen LogP contribution is -2.26. The number of anilines is 2. The second kappa shape index (κ2) is 7.54. The van der Waals surface area contributed by atoms with Gasteiger partial charge in [0.2, 0.25) is 0 Å². The predicted molar refractivity (Wildman–Crippen MR) is 111 cm³/mol. The number of nitrogens with zero attached hydrogens (tertiary/aromatic N) is 2. The van der Waals surface area contributed by atoms with E-state index in [-0.39, 0.29) is 6.42 Å². The van der Waals surface area contributed by atoms with Crippen LogP contribution in [0.2, 0.25) is 0 Å². The summed E-state index contributed by atoms with van der Waals surface area (Å²) in [5, 5.41) is -1.15. The number of hydrogen-bond acceptors (Lipinski definition) is 5. The Kier molecular flexibility index (Phi) is 5.09. The predicted octanol–water partition coefficient (Wildman–Crippen LogP) is 5.11. The highest BCUT2D eigenvalue weighted by Crippen LogP contribution is 2.46. The van der Waals surface area contributed by atoms with Crippen molar-refractivity contribution >= 4 is 37.4 Å². The van der Waals surface area contributed by atoms with Gasteiger partial charge in [0.05, 0.1) is 17.1 Å². The van der Waals surface area contributed by atoms with Crippen LogP contribution in [0.5, 0.6) is 11.5 Å². The monoisotopic (exact) mass is 460 g/mol. The Morgan fingerprint density at radius 1 is 1.00 bits per heavy atom. The highest BCUT2D eigenvalue weighted by Gasteiger charge is 2.31. The molecule has 0 spiro atoms. The number of aromatic nitrogens is 1. The zero-order chi connectivity index (χ0) is 19.7. The summed E-state index contributed by atoms with van der Waals surface area (Å²) in [6.45, 7) is 0.352. The third-order valence-corrected chi connectivity index (χ3v) is 6.45. The summed E-state index contributed by atoms with van der Waals surface area (Å²) in [5.41, 5.74) is 1.98. The topological polar surface area (TPSA) is 79.7 Å². The fraction of sp³-hybridized carbons (Fsp3) is 0.150. The molecule has 4 rings (SSSR count). The van der Waals surface area contributed by atoms with Crippen LogP contribution in [0.3, 0.4) is 0 Å². The molecule has 0 radical (unpaired) electrons. The Labute approximate surface area is 171 Å². The van der Waals surface area contributed by atoms with E-state index in [0.29, 0.717) is 28.2 Å². The van der Waals surface area contributed by atoms with Crippen LogP contribution in [0, 0.1) is 0 Å². The maximum Gasteiger partial charge on any atom is 0.273 e. The van der Waals surface area contributed by atoms with Gasteiger partial charge in [0, 0.05) is 17.2 Å². The molecule has 3 aromatic rings. The Hall–Kier alpha value is -2.42. The van der Waals surface area contributed by atoms with Crippen LogP contribution in [0.25, 0.3) is 0 Å². The van der Waals surface area contributed by atoms with Gasteiger partial charge in [0.25, 0.3) is 10.1 Å². The number of para-hydroxylation sites is 4. The first-order valence-corrected chi connectivity index (χ1v) is 10.9. The summed E-state index contributed by atoms with van der Waals surface area (Å²) in [5.74, 6) is 1.40. The van der Waals surface area contributed by atoms with E-state index >= 15 is 0 Å². The van der Waals surface area contributed by atoms with Crippen molar-refractivity contribution in [3.05, 3.63) is 77.0 Å². The molecular weight excluding hydrogens is 444 g/mol. The standard InChI is InChI=1S/C20H17BrN2O4S/c21-14-6-5-12-22-20(14)19(28(24,25)26)11-13-23-15-7-1-3-9-17(15)27-18-10-4-2-8-16(18)23/h1-10,12,19H,11,13H2,(H,24,25,26). The molecule has 1 N–H and O–H groups in total. The van der Waals surface area contributed by atoms with Crippen molar-refractivity contribution in [2.24, 2.45) is 0 Å². The van der Waals surface area contributed by atoms with Crippen molar-refractivity contribution in [1.82, 2.24) is 4.98 Å². The third kappa shape index (κ3) is 3.63. The van der Waals surface area contributed by atoms with E-state index in [0.717, 1.165) is 11.4 Å². The number of rotatable bonds is 5. The van der Waals surface area contributed by atoms with Crippen molar-refractivity contribution in [2.45, 2.75) is 11.7 Å². The molecule has 28 heavy (non-hydrogen) atoms. The average Bonchev–Trinajstić information content (AvgIpc) is 2.67. The number of ether oxygens (including phenoxy) is 1. The van der Waals surface area contributed by atoms with Gasteiger partial charge in [-0.05, 0) is 58.7 Å². The van der Waals surface area contributed by atoms with Crippen LogP contribution in [0.15, 0.2) is 71.3 Å². The van der Waals surface area contributed by atoms with Crippen molar-refractivity contribution in [2.75, 3.05) is 11.4 Å². The number of fused-ring (bicyclic) bond motifs is 2. The molecule has 1 aromatic heterocycles. The Balaban J connectivity index is 1.70. The molecule has 0 saturated carbocycles. The number of benzene rings is 2. The molecule has 2 aromatic carbocycles. The fourth-order valence-electron chi connectivity index (χ4n) is 3.33. The smallest absolute Gasteiger partial charge is 0.273 e. The molecule has 0 saturated heterocycles. The van der Waals surface area contributed by atoms with Gasteiger partial charge >= 0.3 is 0 Å². The van der Waals surface area contributed by atoms with Gasteiger partial charge in [0.1, 0.15) is 5.25 Å². The van der Waals surface area contributed by atoms with Crippen LogP contribution in [-0.2, 0) is 10.1 Å². The van der Waals surface area contributed by atoms with E-state index in [1.54, 1.807) is 12.1 Å². The second-order valence-electron chi connectivity index (χ2n) is 6.35. The van der Waals surface area contributed by atoms with Gasteiger partial charge in [-0.1, -0.05) is 24.3 Å². The number of halogens is 1. The van der Waals surface area contributed by atoms with Crippen LogP contribution in [0.1, 0.15) is 17.4 Å². The Morgan fingerprint density at radius 3 is 2.18 bits per heavy atom. The van der Waals surface area contributed by atoms with Gasteiger partial charge in [0.15, 0.2) is 11.5 Å². The first-order valence-electron chi connectivity index (χ1n) is 8.65. The minimum Gasteiger partial charge on any atom is -0.453 e. The first kappa shape index (κ1) is 18.9. The number of hydrogen-bond donors (Lipinski definition) is 1. The first-order chi connectivity index (χ1) is 13.4. The van der Waals surface area contributed by atoms with Gasteiger partial charge in [-0.25, -0.2) is 0 Å². The van der Waals surface area contributed by atoms with E-state index < -0.39 is 15.4 Å². The number of pyridine rings is 1. The summed E-state index contributed by atoms with van der Waals surface area (Å²) in [6, 6.07) is 18.6. The maximum absolute atomic E-state index is 12.1. The highest BCUT2D eigenvalue weighted by atomic mass is 79.9. The van der Waals surface area contributed by atoms with E-state index in [9.17, 15) is 13.0 Å². The van der Waals surface area contributed by atoms with Crippen LogP contribution in [0.4, 0.5) is 11.4 Å². The molecule has 0 fully saturated rings. The molecule has 0 bridgehead atoms. The van der Waals surface area contributed by atoms with E-state index in [2.05, 4.69) is 20.9 Å². The summed E-state index contributed by atoms with van der Waals surface area (Å²) in [7, 11) is -4.35. The molecule has 0 aliphatic carbocycles. The van der Waals surface area contributed by atoms with E-state index in [1.165, 1.54) is 6.20 Å². The molecule has 1 atom stereocenters. The molecule has 1 unspecified atom stereocenters. The zero-order valence-corrected chi connectivity index (χ0v) is 17.1. The molecule has 144 valence electrons. The summed E-state index contributed by atoms with van der Waals surface area (Å²) in [6.07, 6.45) is 1.66. The van der Waals surface area contributed by atoms with Crippen LogP contribution < -0.4 is 9.64 Å². The Bertz CT molecular complexity index is 1070. The third-order valence-electron chi connectivity index (χ3n) is 4.60. The summed E-state index contributed by atoms with van der Waals surface area (Å²) in [4.78, 5) is 6.17. The lowest BCUT2D eigenvalue weighted by atomic mass is 10.1. The summed E-state index contributed by atoms with van der Waals surface area (Å²) < 4.78 is 40.5. The lowest BCUT2D eigenvalue weighted by molar-refractivity contribution is 0.459. The molecule has 6 nitrogen and oxygen atoms in total. The van der Waals surface area contributed by atoms with Gasteiger partial charge < -0.3 is 9.64 Å². The van der Waals surface area contributed by atoms with Gasteiger partial charge in [-0.2, -0.15) is 8.42 Å². The van der Waals surface area contributed by atoms with E-state index in [1.807, 2.05) is 53.4 Å². The zero-order valence-electron chi connectivity index (χ0n) is 14.7. The Morgan fingerprint density at radius 2 is 1.61 bits per heavy atom. The van der Waals surface area contributed by atoms with Crippen LogP contribution in [-0.4, -0.2) is 24.5 Å². The van der Waals surface area contributed by atoms with Crippen molar-refractivity contribution in [3.8, 4) is 11.5 Å². The van der Waals surface area contributed by atoms with Gasteiger partial charge in [-0.15, -0.1) is 0 Å². The van der Waals surface area contributed by atoms with Crippen LogP contribution >= 0.6 is 15.9 Å². The van der Waals surface area contributed by atoms with Crippen molar-refractivity contribution in [3.63, 3.8) is 0 Å². The quantitative estimate of drug-likeness (QED) is 0.533. The summed E-state index contributed by atoms with van der Waals surface area (Å²) >= 11 is 3.34.